The Morgan fingerprint density at radius 1 is 1.29 bits per heavy atom. The molecule has 0 aliphatic heterocycles. The van der Waals surface area contributed by atoms with Crippen molar-refractivity contribution in [2.75, 3.05) is 5.32 Å². The third-order valence-corrected chi connectivity index (χ3v) is 4.82. The molecule has 1 aliphatic carbocycles. The molecule has 0 radical (unpaired) electrons. The molecule has 1 saturated carbocycles. The number of nitrogens with zero attached hydrogens (tertiary/aromatic N) is 3. The first-order valence-electron chi connectivity index (χ1n) is 9.15. The van der Waals surface area contributed by atoms with Gasteiger partial charge in [-0.3, -0.25) is 24.4 Å². The molecule has 0 saturated heterocycles. The molecular formula is C19H23N5O4. The van der Waals surface area contributed by atoms with Crippen LogP contribution in [-0.4, -0.2) is 26.5 Å². The van der Waals surface area contributed by atoms with Gasteiger partial charge >= 0.3 is 5.69 Å². The zero-order chi connectivity index (χ0) is 20.4. The van der Waals surface area contributed by atoms with E-state index >= 15 is 0 Å². The van der Waals surface area contributed by atoms with E-state index in [1.165, 1.54) is 4.68 Å². The second kappa shape index (κ2) is 7.79. The van der Waals surface area contributed by atoms with E-state index in [2.05, 4.69) is 15.7 Å². The van der Waals surface area contributed by atoms with Crippen LogP contribution in [0, 0.1) is 29.9 Å². The lowest BCUT2D eigenvalue weighted by atomic mass is 10.1. The van der Waals surface area contributed by atoms with Crippen LogP contribution in [0.1, 0.15) is 42.8 Å². The molecule has 1 unspecified atom stereocenters. The van der Waals surface area contributed by atoms with Gasteiger partial charge in [-0.15, -0.1) is 0 Å². The topological polar surface area (TPSA) is 119 Å². The maximum atomic E-state index is 12.3. The number of hydrogen-bond acceptors (Lipinski definition) is 5. The van der Waals surface area contributed by atoms with Crippen molar-refractivity contribution in [1.82, 2.24) is 15.1 Å². The molecule has 148 valence electrons. The van der Waals surface area contributed by atoms with Crippen molar-refractivity contribution in [2.24, 2.45) is 5.92 Å². The number of aryl methyl sites for hydroxylation is 1. The van der Waals surface area contributed by atoms with E-state index in [0.717, 1.165) is 24.1 Å². The third-order valence-electron chi connectivity index (χ3n) is 4.82. The van der Waals surface area contributed by atoms with Crippen LogP contribution in [0.3, 0.4) is 0 Å². The van der Waals surface area contributed by atoms with Gasteiger partial charge in [-0.2, -0.15) is 5.10 Å². The first kappa shape index (κ1) is 19.5. The third kappa shape index (κ3) is 4.36. The predicted octanol–water partition coefficient (Wildman–Crippen LogP) is 2.63. The Labute approximate surface area is 162 Å². The minimum atomic E-state index is -0.488. The molecule has 9 nitrogen and oxygen atoms in total. The number of benzene rings is 1. The summed E-state index contributed by atoms with van der Waals surface area (Å²) < 4.78 is 1.34. The number of carbonyl (C=O) groups is 2. The SMILES string of the molecule is Cc1nn(CC(=O)NC(C)c2ccc(NC(=O)C3CC3)cc2)c(C)c1[N+](=O)[O-]. The van der Waals surface area contributed by atoms with E-state index in [4.69, 9.17) is 0 Å². The van der Waals surface area contributed by atoms with Crippen LogP contribution in [0.5, 0.6) is 0 Å². The fourth-order valence-electron chi connectivity index (χ4n) is 3.06. The lowest BCUT2D eigenvalue weighted by Crippen LogP contribution is -2.30. The quantitative estimate of drug-likeness (QED) is 0.561. The van der Waals surface area contributed by atoms with Gasteiger partial charge in [0, 0.05) is 11.6 Å². The van der Waals surface area contributed by atoms with Gasteiger partial charge in [0.05, 0.1) is 11.0 Å². The van der Waals surface area contributed by atoms with Crippen molar-refractivity contribution in [2.45, 2.75) is 46.2 Å². The Kier molecular flexibility index (Phi) is 5.43. The lowest BCUT2D eigenvalue weighted by Gasteiger charge is -2.15. The molecule has 1 aromatic heterocycles. The number of amides is 2. The van der Waals surface area contributed by atoms with Gasteiger partial charge in [0.25, 0.3) is 0 Å². The van der Waals surface area contributed by atoms with Gasteiger partial charge in [-0.05, 0) is 51.3 Å². The van der Waals surface area contributed by atoms with E-state index in [0.29, 0.717) is 5.69 Å². The average Bonchev–Trinajstić information content (AvgIpc) is 3.42. The molecular weight excluding hydrogens is 362 g/mol. The van der Waals surface area contributed by atoms with Gasteiger partial charge in [0.1, 0.15) is 17.9 Å². The van der Waals surface area contributed by atoms with Crippen molar-refractivity contribution in [3.05, 3.63) is 51.3 Å². The van der Waals surface area contributed by atoms with Crippen LogP contribution in [-0.2, 0) is 16.1 Å². The zero-order valence-corrected chi connectivity index (χ0v) is 16.1. The summed E-state index contributed by atoms with van der Waals surface area (Å²) in [7, 11) is 0. The van der Waals surface area contributed by atoms with Crippen LogP contribution < -0.4 is 10.6 Å². The van der Waals surface area contributed by atoms with E-state index < -0.39 is 4.92 Å². The summed E-state index contributed by atoms with van der Waals surface area (Å²) in [5.74, 6) is -0.102. The maximum absolute atomic E-state index is 12.3. The second-order valence-electron chi connectivity index (χ2n) is 7.11. The maximum Gasteiger partial charge on any atom is 0.312 e. The number of aromatic nitrogens is 2. The van der Waals surface area contributed by atoms with Gasteiger partial charge in [0.2, 0.25) is 11.8 Å². The highest BCUT2D eigenvalue weighted by Gasteiger charge is 2.29. The molecule has 1 aromatic carbocycles. The fraction of sp³-hybridized carbons (Fsp3) is 0.421. The average molecular weight is 385 g/mol. The molecule has 2 amide bonds. The molecule has 2 aromatic rings. The van der Waals surface area contributed by atoms with Crippen molar-refractivity contribution in [3.63, 3.8) is 0 Å². The number of carbonyl (C=O) groups excluding carboxylic acids is 2. The van der Waals surface area contributed by atoms with Crippen LogP contribution in [0.2, 0.25) is 0 Å². The normalized spacial score (nSPS) is 14.4. The van der Waals surface area contributed by atoms with E-state index in [9.17, 15) is 19.7 Å². The number of anilines is 1. The van der Waals surface area contributed by atoms with E-state index in [1.807, 2.05) is 31.2 Å². The Balaban J connectivity index is 1.59. The summed E-state index contributed by atoms with van der Waals surface area (Å²) in [4.78, 5) is 34.7. The Bertz CT molecular complexity index is 915. The molecule has 0 bridgehead atoms. The summed E-state index contributed by atoms with van der Waals surface area (Å²) in [5.41, 5.74) is 2.18. The first-order chi connectivity index (χ1) is 13.3. The smallest absolute Gasteiger partial charge is 0.312 e. The van der Waals surface area contributed by atoms with Crippen LogP contribution >= 0.6 is 0 Å². The summed E-state index contributed by atoms with van der Waals surface area (Å²) in [6.07, 6.45) is 1.90. The van der Waals surface area contributed by atoms with Crippen molar-refractivity contribution >= 4 is 23.2 Å². The fourth-order valence-corrected chi connectivity index (χ4v) is 3.06. The zero-order valence-electron chi connectivity index (χ0n) is 16.1. The Hall–Kier alpha value is -3.23. The Morgan fingerprint density at radius 2 is 1.93 bits per heavy atom. The number of nitrogens with one attached hydrogen (secondary N) is 2. The number of hydrogen-bond donors (Lipinski definition) is 2. The highest BCUT2D eigenvalue weighted by molar-refractivity contribution is 5.94. The Morgan fingerprint density at radius 3 is 2.46 bits per heavy atom. The summed E-state index contributed by atoms with van der Waals surface area (Å²) in [5, 5.41) is 20.9. The highest BCUT2D eigenvalue weighted by Crippen LogP contribution is 2.30. The van der Waals surface area contributed by atoms with Gasteiger partial charge in [0.15, 0.2) is 0 Å². The minimum absolute atomic E-state index is 0.0491. The lowest BCUT2D eigenvalue weighted by molar-refractivity contribution is -0.386. The minimum Gasteiger partial charge on any atom is -0.348 e. The molecule has 3 rings (SSSR count). The molecule has 1 aliphatic rings. The molecule has 9 heteroatoms. The van der Waals surface area contributed by atoms with Crippen molar-refractivity contribution in [3.8, 4) is 0 Å². The van der Waals surface area contributed by atoms with Gasteiger partial charge in [-0.25, -0.2) is 0 Å². The standard InChI is InChI=1S/C19H23N5O4/c1-11(14-6-8-16(9-7-14)21-19(26)15-4-5-15)20-17(25)10-23-13(3)18(24(27)28)12(2)22-23/h6-9,11,15H,4-5,10H2,1-3H3,(H,20,25)(H,21,26). The molecule has 1 atom stereocenters. The monoisotopic (exact) mass is 385 g/mol. The van der Waals surface area contributed by atoms with Crippen LogP contribution in [0.25, 0.3) is 0 Å². The van der Waals surface area contributed by atoms with Gasteiger partial charge in [-0.1, -0.05) is 12.1 Å². The van der Waals surface area contributed by atoms with Crippen LogP contribution in [0.15, 0.2) is 24.3 Å². The largest absolute Gasteiger partial charge is 0.348 e. The molecule has 1 fully saturated rings. The number of nitro groups is 1. The van der Waals surface area contributed by atoms with E-state index in [1.54, 1.807) is 13.8 Å². The summed E-state index contributed by atoms with van der Waals surface area (Å²) >= 11 is 0. The van der Waals surface area contributed by atoms with Crippen molar-refractivity contribution < 1.29 is 14.5 Å². The molecule has 2 N–H and O–H groups in total. The van der Waals surface area contributed by atoms with Gasteiger partial charge < -0.3 is 10.6 Å². The second-order valence-corrected chi connectivity index (χ2v) is 7.11. The first-order valence-corrected chi connectivity index (χ1v) is 9.15. The van der Waals surface area contributed by atoms with Crippen molar-refractivity contribution in [1.29, 1.82) is 0 Å². The molecule has 28 heavy (non-hydrogen) atoms. The molecule has 0 spiro atoms. The molecule has 1 heterocycles. The van der Waals surface area contributed by atoms with E-state index in [-0.39, 0.29) is 41.7 Å². The summed E-state index contributed by atoms with van der Waals surface area (Å²) in [6, 6.07) is 7.06. The number of rotatable bonds is 7. The highest BCUT2D eigenvalue weighted by atomic mass is 16.6. The predicted molar refractivity (Wildman–Crippen MR) is 103 cm³/mol. The summed E-state index contributed by atoms with van der Waals surface area (Å²) in [6.45, 7) is 4.87. The van der Waals surface area contributed by atoms with Crippen LogP contribution in [0.4, 0.5) is 11.4 Å².